The summed E-state index contributed by atoms with van der Waals surface area (Å²) in [5, 5.41) is 6.85. The van der Waals surface area contributed by atoms with Crippen LogP contribution < -0.4 is 20.7 Å². The predicted molar refractivity (Wildman–Crippen MR) is 120 cm³/mol. The SMILES string of the molecule is CNC(=O)c1ccc2oc(CN3CCc4ccc(OC)cc4C3=O)cc2n1.O=C1CNC(=O)N1. The molecule has 1 aromatic carbocycles. The largest absolute Gasteiger partial charge is 0.497 e. The van der Waals surface area contributed by atoms with Crippen LogP contribution in [0.1, 0.15) is 32.2 Å². The lowest BCUT2D eigenvalue weighted by Crippen LogP contribution is -2.36. The summed E-state index contributed by atoms with van der Waals surface area (Å²) < 4.78 is 11.0. The molecule has 176 valence electrons. The molecule has 2 aliphatic rings. The molecule has 2 aromatic heterocycles. The maximum absolute atomic E-state index is 12.8. The van der Waals surface area contributed by atoms with Crippen molar-refractivity contribution in [3.05, 3.63) is 59.0 Å². The number of nitrogens with one attached hydrogen (secondary N) is 3. The van der Waals surface area contributed by atoms with E-state index in [-0.39, 0.29) is 24.3 Å². The molecule has 3 N–H and O–H groups in total. The molecule has 1 fully saturated rings. The van der Waals surface area contributed by atoms with Gasteiger partial charge in [-0.25, -0.2) is 9.78 Å². The molecule has 11 nitrogen and oxygen atoms in total. The Morgan fingerprint density at radius 3 is 2.68 bits per heavy atom. The van der Waals surface area contributed by atoms with E-state index in [1.54, 1.807) is 43.3 Å². The van der Waals surface area contributed by atoms with Crippen LogP contribution in [0.3, 0.4) is 0 Å². The van der Waals surface area contributed by atoms with Crippen LogP contribution in [0.4, 0.5) is 4.79 Å². The lowest BCUT2D eigenvalue weighted by atomic mass is 9.98. The topological polar surface area (TPSA) is 143 Å². The molecule has 5 amide bonds. The van der Waals surface area contributed by atoms with Crippen molar-refractivity contribution in [2.45, 2.75) is 13.0 Å². The monoisotopic (exact) mass is 465 g/mol. The number of rotatable bonds is 4. The van der Waals surface area contributed by atoms with E-state index in [1.807, 2.05) is 17.4 Å². The molecule has 4 heterocycles. The second kappa shape index (κ2) is 9.61. The van der Waals surface area contributed by atoms with Gasteiger partial charge in [0.25, 0.3) is 11.8 Å². The Labute approximate surface area is 194 Å². The van der Waals surface area contributed by atoms with Gasteiger partial charge >= 0.3 is 6.03 Å². The Hall–Kier alpha value is -4.41. The first kappa shape index (κ1) is 22.8. The number of hydrogen-bond donors (Lipinski definition) is 3. The van der Waals surface area contributed by atoms with Gasteiger partial charge in [-0.15, -0.1) is 0 Å². The zero-order chi connectivity index (χ0) is 24.2. The van der Waals surface area contributed by atoms with Gasteiger partial charge in [-0.3, -0.25) is 19.7 Å². The summed E-state index contributed by atoms with van der Waals surface area (Å²) in [6, 6.07) is 10.3. The number of benzene rings is 1. The number of fused-ring (bicyclic) bond motifs is 2. The third-order valence-corrected chi connectivity index (χ3v) is 5.38. The summed E-state index contributed by atoms with van der Waals surface area (Å²) in [4.78, 5) is 50.7. The standard InChI is InChI=1S/C20H19N3O4.C3H4N2O2/c1-21-19(24)16-5-6-18-17(22-16)10-14(27-18)11-23-8-7-12-3-4-13(26-2)9-15(12)20(23)25;6-2-1-4-3(7)5-2/h3-6,9-10H,7-8,11H2,1-2H3,(H,21,24);1H2,(H2,4,5,6,7). The van der Waals surface area contributed by atoms with E-state index >= 15 is 0 Å². The number of methoxy groups -OCH3 is 1. The zero-order valence-electron chi connectivity index (χ0n) is 18.6. The Morgan fingerprint density at radius 1 is 1.21 bits per heavy atom. The molecular weight excluding hydrogens is 442 g/mol. The highest BCUT2D eigenvalue weighted by Crippen LogP contribution is 2.26. The molecule has 34 heavy (non-hydrogen) atoms. The smallest absolute Gasteiger partial charge is 0.321 e. The van der Waals surface area contributed by atoms with Gasteiger partial charge < -0.3 is 24.7 Å². The molecular formula is C23H23N5O6. The van der Waals surface area contributed by atoms with E-state index in [1.165, 1.54) is 0 Å². The number of pyridine rings is 1. The van der Waals surface area contributed by atoms with Crippen LogP contribution in [-0.4, -0.2) is 60.9 Å². The number of nitrogens with zero attached hydrogens (tertiary/aromatic N) is 2. The summed E-state index contributed by atoms with van der Waals surface area (Å²) in [7, 11) is 3.14. The molecule has 0 atom stereocenters. The Balaban J connectivity index is 0.000000336. The molecule has 5 rings (SSSR count). The minimum atomic E-state index is -0.398. The van der Waals surface area contributed by atoms with E-state index < -0.39 is 6.03 Å². The van der Waals surface area contributed by atoms with Crippen LogP contribution in [-0.2, 0) is 17.8 Å². The van der Waals surface area contributed by atoms with Crippen molar-refractivity contribution in [1.82, 2.24) is 25.8 Å². The third-order valence-electron chi connectivity index (χ3n) is 5.38. The van der Waals surface area contributed by atoms with Crippen molar-refractivity contribution in [2.24, 2.45) is 0 Å². The summed E-state index contributed by atoms with van der Waals surface area (Å²) in [5.41, 5.74) is 3.20. The molecule has 0 aliphatic carbocycles. The summed E-state index contributed by atoms with van der Waals surface area (Å²) in [6.45, 7) is 1.09. The van der Waals surface area contributed by atoms with Crippen LogP contribution in [0.25, 0.3) is 11.1 Å². The van der Waals surface area contributed by atoms with Gasteiger partial charge in [0.05, 0.1) is 20.2 Å². The van der Waals surface area contributed by atoms with Crippen molar-refractivity contribution in [2.75, 3.05) is 27.2 Å². The summed E-state index contributed by atoms with van der Waals surface area (Å²) in [6.07, 6.45) is 0.782. The number of aromatic nitrogens is 1. The molecule has 0 unspecified atom stereocenters. The predicted octanol–water partition coefficient (Wildman–Crippen LogP) is 1.22. The lowest BCUT2D eigenvalue weighted by Gasteiger charge is -2.28. The van der Waals surface area contributed by atoms with E-state index in [9.17, 15) is 19.2 Å². The molecule has 3 aromatic rings. The first-order valence-corrected chi connectivity index (χ1v) is 10.5. The van der Waals surface area contributed by atoms with Gasteiger partial charge in [0.2, 0.25) is 5.91 Å². The quantitative estimate of drug-likeness (QED) is 0.492. The minimum Gasteiger partial charge on any atom is -0.497 e. The first-order valence-electron chi connectivity index (χ1n) is 10.5. The summed E-state index contributed by atoms with van der Waals surface area (Å²) in [5.74, 6) is 0.737. The normalized spacial score (nSPS) is 14.6. The van der Waals surface area contributed by atoms with Crippen molar-refractivity contribution < 1.29 is 28.3 Å². The van der Waals surface area contributed by atoms with Crippen molar-refractivity contribution in [3.8, 4) is 5.75 Å². The number of ether oxygens (including phenoxy) is 1. The molecule has 0 bridgehead atoms. The number of furan rings is 1. The zero-order valence-corrected chi connectivity index (χ0v) is 18.6. The van der Waals surface area contributed by atoms with E-state index in [0.29, 0.717) is 47.0 Å². The van der Waals surface area contributed by atoms with Crippen molar-refractivity contribution in [1.29, 1.82) is 0 Å². The molecule has 0 spiro atoms. The van der Waals surface area contributed by atoms with Crippen LogP contribution >= 0.6 is 0 Å². The molecule has 1 saturated heterocycles. The highest BCUT2D eigenvalue weighted by molar-refractivity contribution is 6.01. The van der Waals surface area contributed by atoms with Crippen molar-refractivity contribution in [3.63, 3.8) is 0 Å². The van der Waals surface area contributed by atoms with Gasteiger partial charge in [0.15, 0.2) is 5.58 Å². The van der Waals surface area contributed by atoms with Gasteiger partial charge in [-0.1, -0.05) is 6.07 Å². The average molecular weight is 465 g/mol. The number of imide groups is 1. The van der Waals surface area contributed by atoms with Crippen molar-refractivity contribution >= 4 is 34.9 Å². The Kier molecular flexibility index (Phi) is 6.44. The van der Waals surface area contributed by atoms with Crippen LogP contribution in [0, 0.1) is 0 Å². The van der Waals surface area contributed by atoms with Gasteiger partial charge in [-0.05, 0) is 36.2 Å². The first-order chi connectivity index (χ1) is 16.4. The van der Waals surface area contributed by atoms with Gasteiger partial charge in [0, 0.05) is 25.2 Å². The molecule has 2 aliphatic heterocycles. The number of amides is 5. The van der Waals surface area contributed by atoms with Gasteiger partial charge in [-0.2, -0.15) is 0 Å². The fraction of sp³-hybridized carbons (Fsp3) is 0.261. The number of urea groups is 1. The Morgan fingerprint density at radius 2 is 2.03 bits per heavy atom. The van der Waals surface area contributed by atoms with Crippen LogP contribution in [0.2, 0.25) is 0 Å². The second-order valence-corrected chi connectivity index (χ2v) is 7.60. The second-order valence-electron chi connectivity index (χ2n) is 7.60. The highest BCUT2D eigenvalue weighted by atomic mass is 16.5. The van der Waals surface area contributed by atoms with Gasteiger partial charge in [0.1, 0.15) is 22.7 Å². The fourth-order valence-corrected chi connectivity index (χ4v) is 3.65. The van der Waals surface area contributed by atoms with Crippen LogP contribution in [0.5, 0.6) is 5.75 Å². The Bertz CT molecular complexity index is 1270. The maximum atomic E-state index is 12.8. The maximum Gasteiger partial charge on any atom is 0.321 e. The fourth-order valence-electron chi connectivity index (χ4n) is 3.65. The highest BCUT2D eigenvalue weighted by Gasteiger charge is 2.26. The number of carbonyl (C=O) groups excluding carboxylic acids is 4. The lowest BCUT2D eigenvalue weighted by molar-refractivity contribution is -0.117. The molecule has 11 heteroatoms. The number of hydrogen-bond acceptors (Lipinski definition) is 7. The molecule has 0 radical (unpaired) electrons. The van der Waals surface area contributed by atoms with E-state index in [0.717, 1.165) is 12.0 Å². The van der Waals surface area contributed by atoms with E-state index in [4.69, 9.17) is 9.15 Å². The van der Waals surface area contributed by atoms with Crippen LogP contribution in [0.15, 0.2) is 40.8 Å². The third kappa shape index (κ3) is 4.82. The molecule has 0 saturated carbocycles. The van der Waals surface area contributed by atoms with E-state index in [2.05, 4.69) is 15.6 Å². The average Bonchev–Trinajstić information content (AvgIpc) is 3.44. The minimum absolute atomic E-state index is 0.0467. The summed E-state index contributed by atoms with van der Waals surface area (Å²) >= 11 is 0. The number of carbonyl (C=O) groups is 4.